The second kappa shape index (κ2) is 8.01. The molecule has 1 aliphatic carbocycles. The molecule has 1 aromatic carbocycles. The Bertz CT molecular complexity index is 673. The highest BCUT2D eigenvalue weighted by Gasteiger charge is 2.36. The Morgan fingerprint density at radius 1 is 1.07 bits per heavy atom. The number of nitrogens with zero attached hydrogens (tertiary/aromatic N) is 3. The zero-order valence-corrected chi connectivity index (χ0v) is 16.3. The molecular formula is C22H31N3O2. The van der Waals surface area contributed by atoms with E-state index in [2.05, 4.69) is 9.80 Å². The lowest BCUT2D eigenvalue weighted by molar-refractivity contribution is -0.130. The first kappa shape index (κ1) is 18.5. The predicted octanol–water partition coefficient (Wildman–Crippen LogP) is 2.62. The molecule has 1 aromatic rings. The molecule has 5 nitrogen and oxygen atoms in total. The van der Waals surface area contributed by atoms with E-state index in [1.54, 1.807) is 6.92 Å². The molecule has 2 heterocycles. The Hall–Kier alpha value is -1.88. The van der Waals surface area contributed by atoms with Crippen molar-refractivity contribution in [2.24, 2.45) is 5.92 Å². The van der Waals surface area contributed by atoms with Crippen LogP contribution < -0.4 is 0 Å². The molecule has 2 atom stereocenters. The van der Waals surface area contributed by atoms with E-state index in [9.17, 15) is 9.59 Å². The van der Waals surface area contributed by atoms with E-state index in [4.69, 9.17) is 0 Å². The smallest absolute Gasteiger partial charge is 0.253 e. The SMILES string of the molecule is CC(=O)N(C[C@H]1CCCN1C[C@H]1CCN(C(=O)c2ccccc2)C1)C1CC1. The zero-order valence-electron chi connectivity index (χ0n) is 16.3. The Labute approximate surface area is 162 Å². The van der Waals surface area contributed by atoms with Crippen molar-refractivity contribution in [3.63, 3.8) is 0 Å². The monoisotopic (exact) mass is 369 g/mol. The minimum atomic E-state index is 0.160. The van der Waals surface area contributed by atoms with Gasteiger partial charge in [-0.25, -0.2) is 0 Å². The minimum absolute atomic E-state index is 0.160. The summed E-state index contributed by atoms with van der Waals surface area (Å²) < 4.78 is 0. The lowest BCUT2D eigenvalue weighted by Crippen LogP contribution is -2.45. The molecule has 27 heavy (non-hydrogen) atoms. The second-order valence-corrected chi connectivity index (χ2v) is 8.47. The average Bonchev–Trinajstić information content (AvgIpc) is 3.24. The van der Waals surface area contributed by atoms with Crippen LogP contribution in [0.25, 0.3) is 0 Å². The van der Waals surface area contributed by atoms with Crippen molar-refractivity contribution in [2.75, 3.05) is 32.7 Å². The van der Waals surface area contributed by atoms with Gasteiger partial charge in [0.1, 0.15) is 0 Å². The summed E-state index contributed by atoms with van der Waals surface area (Å²) in [4.78, 5) is 31.3. The molecule has 2 aliphatic heterocycles. The van der Waals surface area contributed by atoms with E-state index in [0.29, 0.717) is 18.0 Å². The van der Waals surface area contributed by atoms with Crippen molar-refractivity contribution >= 4 is 11.8 Å². The van der Waals surface area contributed by atoms with Gasteiger partial charge in [-0.3, -0.25) is 14.5 Å². The molecule has 1 saturated carbocycles. The van der Waals surface area contributed by atoms with Gasteiger partial charge in [-0.1, -0.05) is 18.2 Å². The van der Waals surface area contributed by atoms with E-state index < -0.39 is 0 Å². The molecule has 4 rings (SSSR count). The summed E-state index contributed by atoms with van der Waals surface area (Å²) in [6, 6.07) is 10.6. The first-order chi connectivity index (χ1) is 13.1. The van der Waals surface area contributed by atoms with Gasteiger partial charge >= 0.3 is 0 Å². The maximum absolute atomic E-state index is 12.7. The molecule has 0 radical (unpaired) electrons. The fraction of sp³-hybridized carbons (Fsp3) is 0.636. The second-order valence-electron chi connectivity index (χ2n) is 8.47. The highest BCUT2D eigenvalue weighted by molar-refractivity contribution is 5.94. The number of benzene rings is 1. The van der Waals surface area contributed by atoms with Crippen molar-refractivity contribution in [2.45, 2.75) is 51.1 Å². The van der Waals surface area contributed by atoms with Gasteiger partial charge in [0.2, 0.25) is 5.91 Å². The minimum Gasteiger partial charge on any atom is -0.338 e. The van der Waals surface area contributed by atoms with Crippen LogP contribution in [0.3, 0.4) is 0 Å². The predicted molar refractivity (Wildman–Crippen MR) is 105 cm³/mol. The van der Waals surface area contributed by atoms with Gasteiger partial charge in [0.05, 0.1) is 0 Å². The highest BCUT2D eigenvalue weighted by Crippen LogP contribution is 2.30. The summed E-state index contributed by atoms with van der Waals surface area (Å²) in [6.07, 6.45) is 5.84. The van der Waals surface area contributed by atoms with Gasteiger partial charge in [0.15, 0.2) is 0 Å². The molecule has 3 fully saturated rings. The number of rotatable bonds is 6. The van der Waals surface area contributed by atoms with E-state index >= 15 is 0 Å². The number of carbonyl (C=O) groups is 2. The molecule has 5 heteroatoms. The van der Waals surface area contributed by atoms with E-state index in [0.717, 1.165) is 44.7 Å². The van der Waals surface area contributed by atoms with Crippen molar-refractivity contribution in [1.29, 1.82) is 0 Å². The Kier molecular flexibility index (Phi) is 5.48. The first-order valence-corrected chi connectivity index (χ1v) is 10.5. The molecule has 0 N–H and O–H groups in total. The van der Waals surface area contributed by atoms with E-state index in [1.807, 2.05) is 35.2 Å². The molecular weight excluding hydrogens is 338 g/mol. The van der Waals surface area contributed by atoms with Crippen molar-refractivity contribution in [3.8, 4) is 0 Å². The van der Waals surface area contributed by atoms with Crippen LogP contribution in [0.15, 0.2) is 30.3 Å². The van der Waals surface area contributed by atoms with E-state index in [-0.39, 0.29) is 11.8 Å². The van der Waals surface area contributed by atoms with Crippen molar-refractivity contribution in [1.82, 2.24) is 14.7 Å². The lowest BCUT2D eigenvalue weighted by Gasteiger charge is -2.32. The van der Waals surface area contributed by atoms with Gasteiger partial charge in [-0.15, -0.1) is 0 Å². The zero-order chi connectivity index (χ0) is 18.8. The largest absolute Gasteiger partial charge is 0.338 e. The Morgan fingerprint density at radius 2 is 1.85 bits per heavy atom. The lowest BCUT2D eigenvalue weighted by atomic mass is 10.1. The third-order valence-corrected chi connectivity index (χ3v) is 6.39. The van der Waals surface area contributed by atoms with Crippen LogP contribution in [0, 0.1) is 5.92 Å². The normalized spacial score (nSPS) is 25.7. The third-order valence-electron chi connectivity index (χ3n) is 6.39. The Balaban J connectivity index is 1.31. The van der Waals surface area contributed by atoms with Crippen LogP contribution in [0.1, 0.15) is 49.4 Å². The van der Waals surface area contributed by atoms with Crippen LogP contribution in [0.5, 0.6) is 0 Å². The van der Waals surface area contributed by atoms with Gasteiger partial charge < -0.3 is 9.80 Å². The maximum Gasteiger partial charge on any atom is 0.253 e. The molecule has 0 unspecified atom stereocenters. The van der Waals surface area contributed by atoms with Gasteiger partial charge in [0, 0.05) is 50.7 Å². The quantitative estimate of drug-likeness (QED) is 0.774. The third kappa shape index (κ3) is 4.34. The number of carbonyl (C=O) groups excluding carboxylic acids is 2. The summed E-state index contributed by atoms with van der Waals surface area (Å²) in [5, 5.41) is 0. The van der Waals surface area contributed by atoms with Gasteiger partial charge in [0.25, 0.3) is 5.91 Å². The molecule has 0 spiro atoms. The standard InChI is InChI=1S/C22H31N3O2/c1-17(26)25(20-9-10-20)16-21-8-5-12-23(21)14-18-11-13-24(15-18)22(27)19-6-3-2-4-7-19/h2-4,6-7,18,20-21H,5,8-16H2,1H3/t18-,21-/m1/s1. The van der Waals surface area contributed by atoms with E-state index in [1.165, 1.54) is 25.7 Å². The molecule has 2 saturated heterocycles. The molecule has 0 bridgehead atoms. The topological polar surface area (TPSA) is 43.9 Å². The summed E-state index contributed by atoms with van der Waals surface area (Å²) in [6.45, 7) is 6.50. The summed E-state index contributed by atoms with van der Waals surface area (Å²) in [7, 11) is 0. The molecule has 0 aromatic heterocycles. The molecule has 3 aliphatic rings. The molecule has 146 valence electrons. The van der Waals surface area contributed by atoms with Gasteiger partial charge in [-0.2, -0.15) is 0 Å². The number of hydrogen-bond acceptors (Lipinski definition) is 3. The Morgan fingerprint density at radius 3 is 2.56 bits per heavy atom. The summed E-state index contributed by atoms with van der Waals surface area (Å²) >= 11 is 0. The average molecular weight is 370 g/mol. The summed E-state index contributed by atoms with van der Waals surface area (Å²) in [5.41, 5.74) is 0.790. The van der Waals surface area contributed by atoms with Crippen molar-refractivity contribution < 1.29 is 9.59 Å². The van der Waals surface area contributed by atoms with Crippen LogP contribution in [0.2, 0.25) is 0 Å². The van der Waals surface area contributed by atoms with Crippen LogP contribution in [-0.4, -0.2) is 71.3 Å². The summed E-state index contributed by atoms with van der Waals surface area (Å²) in [5.74, 6) is 0.933. The fourth-order valence-corrected chi connectivity index (χ4v) is 4.75. The maximum atomic E-state index is 12.7. The van der Waals surface area contributed by atoms with Crippen LogP contribution >= 0.6 is 0 Å². The van der Waals surface area contributed by atoms with Crippen LogP contribution in [-0.2, 0) is 4.79 Å². The first-order valence-electron chi connectivity index (χ1n) is 10.5. The number of hydrogen-bond donors (Lipinski definition) is 0. The number of amides is 2. The number of likely N-dealkylation sites (tertiary alicyclic amines) is 2. The van der Waals surface area contributed by atoms with Gasteiger partial charge in [-0.05, 0) is 56.7 Å². The fourth-order valence-electron chi connectivity index (χ4n) is 4.75. The van der Waals surface area contributed by atoms with Crippen molar-refractivity contribution in [3.05, 3.63) is 35.9 Å². The molecule has 2 amide bonds. The van der Waals surface area contributed by atoms with Crippen LogP contribution in [0.4, 0.5) is 0 Å². The highest BCUT2D eigenvalue weighted by atomic mass is 16.2.